The van der Waals surface area contributed by atoms with Gasteiger partial charge in [0.05, 0.1) is 21.8 Å². The lowest BCUT2D eigenvalue weighted by Gasteiger charge is -2.38. The molecule has 0 aliphatic carbocycles. The molecule has 3 aromatic carbocycles. The van der Waals surface area contributed by atoms with Gasteiger partial charge >= 0.3 is 18.1 Å². The van der Waals surface area contributed by atoms with Crippen molar-refractivity contribution in [2.24, 2.45) is 0 Å². The van der Waals surface area contributed by atoms with E-state index in [9.17, 15) is 32.7 Å². The molecule has 1 aliphatic rings. The highest BCUT2D eigenvalue weighted by molar-refractivity contribution is 6.34. The van der Waals surface area contributed by atoms with Gasteiger partial charge in [0.25, 0.3) is 5.91 Å². The number of rotatable bonds is 6. The summed E-state index contributed by atoms with van der Waals surface area (Å²) >= 11 is 6.09. The molecule has 3 N–H and O–H groups in total. The predicted molar refractivity (Wildman–Crippen MR) is 147 cm³/mol. The molecule has 0 bridgehead atoms. The zero-order valence-electron chi connectivity index (χ0n) is 21.6. The topological polar surface area (TPSA) is 127 Å². The van der Waals surface area contributed by atoms with Crippen LogP contribution in [0.25, 0.3) is 0 Å². The first-order chi connectivity index (χ1) is 19.3. The minimum Gasteiger partial charge on any atom is -0.478 e. The summed E-state index contributed by atoms with van der Waals surface area (Å²) < 4.78 is 31.7. The minimum absolute atomic E-state index is 0.0315. The number of hydrogen-bond donors (Lipinski definition) is 3. The Bertz CT molecular complexity index is 1440. The number of hydrogen-bond acceptors (Lipinski definition) is 6. The van der Waals surface area contributed by atoms with Crippen LogP contribution in [0.3, 0.4) is 0 Å². The van der Waals surface area contributed by atoms with Crippen LogP contribution in [0.2, 0.25) is 5.02 Å². The van der Waals surface area contributed by atoms with Crippen LogP contribution in [-0.4, -0.2) is 66.2 Å². The van der Waals surface area contributed by atoms with Gasteiger partial charge in [0.2, 0.25) is 0 Å². The van der Waals surface area contributed by atoms with Gasteiger partial charge in [-0.25, -0.2) is 9.59 Å². The van der Waals surface area contributed by atoms with E-state index in [0.29, 0.717) is 53.7 Å². The normalized spacial score (nSPS) is 13.1. The van der Waals surface area contributed by atoms with E-state index in [4.69, 9.17) is 21.5 Å². The summed E-state index contributed by atoms with van der Waals surface area (Å²) in [5.41, 5.74) is 3.13. The highest BCUT2D eigenvalue weighted by atomic mass is 35.5. The summed E-state index contributed by atoms with van der Waals surface area (Å²) in [7, 11) is 0. The van der Waals surface area contributed by atoms with Crippen molar-refractivity contribution in [3.8, 4) is 0 Å². The Labute approximate surface area is 237 Å². The van der Waals surface area contributed by atoms with Crippen LogP contribution in [-0.2, 0) is 4.79 Å². The second-order valence-electron chi connectivity index (χ2n) is 8.85. The Kier molecular flexibility index (Phi) is 9.95. The number of halogens is 4. The number of piperazine rings is 1. The molecule has 1 amide bonds. The Hall–Kier alpha value is -4.58. The summed E-state index contributed by atoms with van der Waals surface area (Å²) in [5.74, 6) is -4.19. The summed E-state index contributed by atoms with van der Waals surface area (Å²) in [6.07, 6.45) is -5.08. The standard InChI is InChI=1S/C26H24ClN3O4.C2HF3O2/c1-17(31)18-6-9-20(10-7-18)29-12-14-30(15-13-29)24-11-8-19(16-22(24)26(33)34)28-25(32)21-4-2-3-5-23(21)27;3-2(4,5)1(6)7/h2-11,16H,12-15H2,1H3,(H,28,32)(H,33,34);(H,6,7). The maximum atomic E-state index is 12.6. The van der Waals surface area contributed by atoms with Crippen molar-refractivity contribution in [2.45, 2.75) is 13.1 Å². The highest BCUT2D eigenvalue weighted by Crippen LogP contribution is 2.28. The molecule has 9 nitrogen and oxygen atoms in total. The van der Waals surface area contributed by atoms with Crippen LogP contribution in [0.4, 0.5) is 30.2 Å². The molecular weight excluding hydrogens is 567 g/mol. The van der Waals surface area contributed by atoms with Gasteiger partial charge < -0.3 is 25.3 Å². The number of carboxylic acid groups (broad SMARTS) is 2. The van der Waals surface area contributed by atoms with E-state index in [0.717, 1.165) is 5.69 Å². The summed E-state index contributed by atoms with van der Waals surface area (Å²) in [5, 5.41) is 20.0. The molecular formula is C28H25ClF3N3O6. The fraction of sp³-hybridized carbons (Fsp3) is 0.214. The average Bonchev–Trinajstić information content (AvgIpc) is 2.93. The third-order valence-electron chi connectivity index (χ3n) is 6.11. The zero-order chi connectivity index (χ0) is 30.3. The lowest BCUT2D eigenvalue weighted by Crippen LogP contribution is -2.47. The number of ketones is 1. The number of anilines is 3. The average molecular weight is 592 g/mol. The van der Waals surface area contributed by atoms with E-state index in [1.54, 1.807) is 43.3 Å². The van der Waals surface area contributed by atoms with Gasteiger partial charge in [-0.2, -0.15) is 13.2 Å². The number of nitrogens with zero attached hydrogens (tertiary/aromatic N) is 2. The predicted octanol–water partition coefficient (Wildman–Crippen LogP) is 5.45. The maximum absolute atomic E-state index is 12.6. The first-order valence-electron chi connectivity index (χ1n) is 12.1. The number of carbonyl (C=O) groups is 4. The molecule has 3 aromatic rings. The van der Waals surface area contributed by atoms with Gasteiger partial charge in [0, 0.05) is 43.1 Å². The highest BCUT2D eigenvalue weighted by Gasteiger charge is 2.38. The van der Waals surface area contributed by atoms with Crippen molar-refractivity contribution in [1.82, 2.24) is 0 Å². The summed E-state index contributed by atoms with van der Waals surface area (Å²) in [6, 6.07) is 19.1. The second kappa shape index (κ2) is 13.2. The number of benzene rings is 3. The molecule has 1 aliphatic heterocycles. The fourth-order valence-corrected chi connectivity index (χ4v) is 4.24. The number of amides is 1. The summed E-state index contributed by atoms with van der Waals surface area (Å²) in [6.45, 7) is 4.24. The lowest BCUT2D eigenvalue weighted by molar-refractivity contribution is -0.192. The maximum Gasteiger partial charge on any atom is 0.490 e. The third-order valence-corrected chi connectivity index (χ3v) is 6.43. The number of carboxylic acids is 2. The van der Waals surface area contributed by atoms with Gasteiger partial charge in [-0.15, -0.1) is 0 Å². The fourth-order valence-electron chi connectivity index (χ4n) is 4.02. The van der Waals surface area contributed by atoms with Gasteiger partial charge in [-0.1, -0.05) is 23.7 Å². The van der Waals surface area contributed by atoms with E-state index in [-0.39, 0.29) is 11.3 Å². The number of carbonyl (C=O) groups excluding carboxylic acids is 2. The van der Waals surface area contributed by atoms with Crippen LogP contribution in [0, 0.1) is 0 Å². The van der Waals surface area contributed by atoms with E-state index < -0.39 is 24.0 Å². The third kappa shape index (κ3) is 8.21. The molecule has 1 heterocycles. The van der Waals surface area contributed by atoms with Gasteiger partial charge in [0.1, 0.15) is 0 Å². The molecule has 41 heavy (non-hydrogen) atoms. The minimum atomic E-state index is -5.08. The Balaban J connectivity index is 0.000000587. The molecule has 216 valence electrons. The number of nitrogens with one attached hydrogen (secondary N) is 1. The SMILES string of the molecule is CC(=O)c1ccc(N2CCN(c3ccc(NC(=O)c4ccccc4Cl)cc3C(=O)O)CC2)cc1.O=C(O)C(F)(F)F. The monoisotopic (exact) mass is 591 g/mol. The van der Waals surface area contributed by atoms with Crippen LogP contribution in [0.1, 0.15) is 38.0 Å². The van der Waals surface area contributed by atoms with E-state index in [1.165, 1.54) is 6.07 Å². The number of aromatic carboxylic acids is 1. The molecule has 0 saturated carbocycles. The van der Waals surface area contributed by atoms with Gasteiger partial charge in [0.15, 0.2) is 5.78 Å². The van der Waals surface area contributed by atoms with Crippen LogP contribution < -0.4 is 15.1 Å². The van der Waals surface area contributed by atoms with Gasteiger partial charge in [-0.3, -0.25) is 9.59 Å². The first-order valence-corrected chi connectivity index (χ1v) is 12.5. The van der Waals surface area contributed by atoms with Crippen molar-refractivity contribution < 1.29 is 42.6 Å². The molecule has 4 rings (SSSR count). The molecule has 0 radical (unpaired) electrons. The number of alkyl halides is 3. The van der Waals surface area contributed by atoms with Crippen LogP contribution in [0.5, 0.6) is 0 Å². The molecule has 1 saturated heterocycles. The van der Waals surface area contributed by atoms with Crippen molar-refractivity contribution in [2.75, 3.05) is 41.3 Å². The molecule has 0 unspecified atom stereocenters. The zero-order valence-corrected chi connectivity index (χ0v) is 22.4. The van der Waals surface area contributed by atoms with E-state index >= 15 is 0 Å². The van der Waals surface area contributed by atoms with Gasteiger partial charge in [-0.05, 0) is 61.5 Å². The summed E-state index contributed by atoms with van der Waals surface area (Å²) in [4.78, 5) is 49.2. The second-order valence-corrected chi connectivity index (χ2v) is 9.26. The van der Waals surface area contributed by atoms with Crippen molar-refractivity contribution in [3.63, 3.8) is 0 Å². The van der Waals surface area contributed by atoms with Crippen LogP contribution >= 0.6 is 11.6 Å². The molecule has 0 aromatic heterocycles. The molecule has 0 spiro atoms. The van der Waals surface area contributed by atoms with Crippen molar-refractivity contribution in [3.05, 3.63) is 88.4 Å². The Morgan fingerprint density at radius 3 is 1.90 bits per heavy atom. The number of Topliss-reactive ketones (excluding diaryl/α,β-unsaturated/α-hetero) is 1. The smallest absolute Gasteiger partial charge is 0.478 e. The first kappa shape index (κ1) is 31.0. The molecule has 1 fully saturated rings. The van der Waals surface area contributed by atoms with Crippen LogP contribution in [0.15, 0.2) is 66.7 Å². The van der Waals surface area contributed by atoms with Crippen molar-refractivity contribution in [1.29, 1.82) is 0 Å². The van der Waals surface area contributed by atoms with E-state index in [1.807, 2.05) is 29.2 Å². The quantitative estimate of drug-likeness (QED) is 0.323. The Morgan fingerprint density at radius 2 is 1.39 bits per heavy atom. The van der Waals surface area contributed by atoms with Crippen molar-refractivity contribution >= 4 is 52.3 Å². The molecule has 13 heteroatoms. The Morgan fingerprint density at radius 1 is 0.829 bits per heavy atom. The van der Waals surface area contributed by atoms with E-state index in [2.05, 4.69) is 10.2 Å². The lowest BCUT2D eigenvalue weighted by atomic mass is 10.1. The number of aliphatic carboxylic acids is 1. The largest absolute Gasteiger partial charge is 0.490 e. The molecule has 0 atom stereocenters.